The lowest BCUT2D eigenvalue weighted by Crippen LogP contribution is -2.24. The third kappa shape index (κ3) is 1.25. The van der Waals surface area contributed by atoms with Gasteiger partial charge >= 0.3 is 0 Å². The van der Waals surface area contributed by atoms with Crippen molar-refractivity contribution >= 4 is 0 Å². The molecule has 0 aromatic heterocycles. The van der Waals surface area contributed by atoms with Crippen LogP contribution in [-0.2, 0) is 0 Å². The molecule has 0 amide bonds. The van der Waals surface area contributed by atoms with Crippen molar-refractivity contribution in [2.24, 2.45) is 5.92 Å². The van der Waals surface area contributed by atoms with Crippen LogP contribution < -0.4 is 5.32 Å². The average Bonchev–Trinajstić information content (AvgIpc) is 2.33. The number of hydrogen-bond acceptors (Lipinski definition) is 1. The minimum Gasteiger partial charge on any atom is -0.313 e. The highest BCUT2D eigenvalue weighted by Gasteiger charge is 2.22. The maximum absolute atomic E-state index is 5.31. The molecule has 50 valence electrons. The molecule has 1 fully saturated rings. The molecule has 1 aliphatic heterocycles. The Kier molecular flexibility index (Phi) is 2.13. The molecule has 0 spiro atoms. The van der Waals surface area contributed by atoms with Crippen LogP contribution in [0.5, 0.6) is 0 Å². The van der Waals surface area contributed by atoms with Gasteiger partial charge in [0.25, 0.3) is 0 Å². The first kappa shape index (κ1) is 6.64. The lowest BCUT2D eigenvalue weighted by Gasteiger charge is -2.10. The predicted molar refractivity (Wildman–Crippen MR) is 39.0 cm³/mol. The zero-order chi connectivity index (χ0) is 6.69. The Bertz CT molecular complexity index is 123. The summed E-state index contributed by atoms with van der Waals surface area (Å²) in [6.07, 6.45) is 7.63. The van der Waals surface area contributed by atoms with Crippen molar-refractivity contribution in [1.82, 2.24) is 5.32 Å². The molecule has 9 heavy (non-hydrogen) atoms. The minimum atomic E-state index is 0.495. The van der Waals surface area contributed by atoms with Crippen LogP contribution in [0, 0.1) is 18.3 Å². The third-order valence-electron chi connectivity index (χ3n) is 2.00. The molecule has 2 atom stereocenters. The molecule has 1 aliphatic rings. The van der Waals surface area contributed by atoms with Crippen LogP contribution in [0.15, 0.2) is 0 Å². The Labute approximate surface area is 56.8 Å². The summed E-state index contributed by atoms with van der Waals surface area (Å²) in [7, 11) is 0. The normalized spacial score (nSPS) is 34.2. The fourth-order valence-corrected chi connectivity index (χ4v) is 1.40. The minimum absolute atomic E-state index is 0.495. The molecule has 2 unspecified atom stereocenters. The summed E-state index contributed by atoms with van der Waals surface area (Å²) in [6.45, 7) is 3.28. The molecule has 0 aromatic carbocycles. The topological polar surface area (TPSA) is 12.0 Å². The van der Waals surface area contributed by atoms with Crippen molar-refractivity contribution in [2.45, 2.75) is 25.8 Å². The molecule has 0 aromatic rings. The molecular formula is C8H13N. The Morgan fingerprint density at radius 1 is 1.78 bits per heavy atom. The third-order valence-corrected chi connectivity index (χ3v) is 2.00. The second-order valence-corrected chi connectivity index (χ2v) is 2.53. The highest BCUT2D eigenvalue weighted by molar-refractivity contribution is 5.02. The van der Waals surface area contributed by atoms with Crippen molar-refractivity contribution in [1.29, 1.82) is 0 Å². The van der Waals surface area contributed by atoms with Crippen LogP contribution in [-0.4, -0.2) is 12.6 Å². The summed E-state index contributed by atoms with van der Waals surface area (Å²) in [6, 6.07) is 0.593. The predicted octanol–water partition coefficient (Wildman–Crippen LogP) is 1.01. The van der Waals surface area contributed by atoms with Crippen molar-refractivity contribution < 1.29 is 0 Å². The summed E-state index contributed by atoms with van der Waals surface area (Å²) in [5.41, 5.74) is 0. The highest BCUT2D eigenvalue weighted by atomic mass is 14.9. The fourth-order valence-electron chi connectivity index (χ4n) is 1.40. The van der Waals surface area contributed by atoms with Crippen molar-refractivity contribution in [3.05, 3.63) is 0 Å². The molecule has 1 rings (SSSR count). The molecule has 0 bridgehead atoms. The van der Waals surface area contributed by atoms with Crippen LogP contribution in [0.4, 0.5) is 0 Å². The van der Waals surface area contributed by atoms with Crippen molar-refractivity contribution in [3.63, 3.8) is 0 Å². The molecule has 1 heterocycles. The number of terminal acetylenes is 1. The van der Waals surface area contributed by atoms with Gasteiger partial charge in [0, 0.05) is 12.0 Å². The Balaban J connectivity index is 2.44. The fraction of sp³-hybridized carbons (Fsp3) is 0.750. The molecule has 0 radical (unpaired) electrons. The maximum atomic E-state index is 5.31. The Morgan fingerprint density at radius 2 is 2.56 bits per heavy atom. The van der Waals surface area contributed by atoms with E-state index in [0.717, 1.165) is 19.4 Å². The van der Waals surface area contributed by atoms with E-state index in [0.29, 0.717) is 12.0 Å². The van der Waals surface area contributed by atoms with Gasteiger partial charge in [-0.15, -0.1) is 12.3 Å². The maximum Gasteiger partial charge on any atom is 0.0365 e. The van der Waals surface area contributed by atoms with E-state index < -0.39 is 0 Å². The molecule has 0 saturated carbocycles. The zero-order valence-electron chi connectivity index (χ0n) is 5.85. The van der Waals surface area contributed by atoms with Crippen LogP contribution >= 0.6 is 0 Å². The van der Waals surface area contributed by atoms with Gasteiger partial charge in [-0.3, -0.25) is 0 Å². The van der Waals surface area contributed by atoms with E-state index in [-0.39, 0.29) is 0 Å². The number of rotatable bonds is 1. The monoisotopic (exact) mass is 123 g/mol. The second kappa shape index (κ2) is 2.89. The van der Waals surface area contributed by atoms with Gasteiger partial charge in [-0.25, -0.2) is 0 Å². The van der Waals surface area contributed by atoms with Gasteiger partial charge in [0.05, 0.1) is 0 Å². The van der Waals surface area contributed by atoms with Crippen LogP contribution in [0.3, 0.4) is 0 Å². The molecule has 1 nitrogen and oxygen atoms in total. The van der Waals surface area contributed by atoms with Crippen LogP contribution in [0.2, 0.25) is 0 Å². The lowest BCUT2D eigenvalue weighted by atomic mass is 10.0. The Morgan fingerprint density at radius 3 is 3.00 bits per heavy atom. The first-order chi connectivity index (χ1) is 4.38. The van der Waals surface area contributed by atoms with Gasteiger partial charge in [-0.05, 0) is 19.4 Å². The van der Waals surface area contributed by atoms with E-state index in [1.165, 1.54) is 0 Å². The van der Waals surface area contributed by atoms with Crippen LogP contribution in [0.1, 0.15) is 19.8 Å². The summed E-state index contributed by atoms with van der Waals surface area (Å²) in [4.78, 5) is 0. The summed E-state index contributed by atoms with van der Waals surface area (Å²) >= 11 is 0. The van der Waals surface area contributed by atoms with E-state index in [1.807, 2.05) is 0 Å². The smallest absolute Gasteiger partial charge is 0.0365 e. The SMILES string of the molecule is C#CC1CCNC1CC. The summed E-state index contributed by atoms with van der Waals surface area (Å²) < 4.78 is 0. The van der Waals surface area contributed by atoms with Gasteiger partial charge < -0.3 is 5.32 Å². The van der Waals surface area contributed by atoms with Crippen molar-refractivity contribution in [2.75, 3.05) is 6.54 Å². The Hall–Kier alpha value is -0.480. The number of nitrogens with one attached hydrogen (secondary N) is 1. The van der Waals surface area contributed by atoms with Gasteiger partial charge in [0.15, 0.2) is 0 Å². The highest BCUT2D eigenvalue weighted by Crippen LogP contribution is 2.16. The zero-order valence-corrected chi connectivity index (χ0v) is 5.85. The van der Waals surface area contributed by atoms with E-state index in [4.69, 9.17) is 6.42 Å². The molecule has 1 heteroatoms. The lowest BCUT2D eigenvalue weighted by molar-refractivity contribution is 0.521. The largest absolute Gasteiger partial charge is 0.313 e. The van der Waals surface area contributed by atoms with Gasteiger partial charge in [-0.1, -0.05) is 6.92 Å². The second-order valence-electron chi connectivity index (χ2n) is 2.53. The van der Waals surface area contributed by atoms with Gasteiger partial charge in [0.1, 0.15) is 0 Å². The quantitative estimate of drug-likeness (QED) is 0.513. The van der Waals surface area contributed by atoms with E-state index in [1.54, 1.807) is 0 Å². The van der Waals surface area contributed by atoms with Gasteiger partial charge in [0.2, 0.25) is 0 Å². The molecule has 1 N–H and O–H groups in total. The first-order valence-corrected chi connectivity index (χ1v) is 3.58. The molecule has 1 saturated heterocycles. The van der Waals surface area contributed by atoms with Crippen molar-refractivity contribution in [3.8, 4) is 12.3 Å². The average molecular weight is 123 g/mol. The van der Waals surface area contributed by atoms with E-state index in [2.05, 4.69) is 18.2 Å². The van der Waals surface area contributed by atoms with E-state index >= 15 is 0 Å². The standard InChI is InChI=1S/C8H13N/c1-3-7-5-6-9-8(7)4-2/h1,7-9H,4-6H2,2H3. The number of hydrogen-bond donors (Lipinski definition) is 1. The van der Waals surface area contributed by atoms with Gasteiger partial charge in [-0.2, -0.15) is 0 Å². The summed E-state index contributed by atoms with van der Waals surface area (Å²) in [5, 5.41) is 3.36. The molecular weight excluding hydrogens is 110 g/mol. The van der Waals surface area contributed by atoms with Crippen LogP contribution in [0.25, 0.3) is 0 Å². The molecule has 0 aliphatic carbocycles. The summed E-state index contributed by atoms with van der Waals surface area (Å²) in [5.74, 6) is 3.30. The first-order valence-electron chi connectivity index (χ1n) is 3.58. The van der Waals surface area contributed by atoms with E-state index in [9.17, 15) is 0 Å².